The van der Waals surface area contributed by atoms with Crippen molar-refractivity contribution >= 4 is 11.6 Å². The number of halogens is 1. The molecule has 0 fully saturated rings. The van der Waals surface area contributed by atoms with Gasteiger partial charge < -0.3 is 9.72 Å². The van der Waals surface area contributed by atoms with Gasteiger partial charge in [-0.15, -0.1) is 0 Å². The second-order valence-electron chi connectivity index (χ2n) is 6.51. The van der Waals surface area contributed by atoms with Crippen molar-refractivity contribution in [1.82, 2.24) is 19.7 Å². The molecule has 1 atom stereocenters. The summed E-state index contributed by atoms with van der Waals surface area (Å²) < 4.78 is 14.9. The van der Waals surface area contributed by atoms with Crippen LogP contribution in [0.25, 0.3) is 16.9 Å². The monoisotopic (exact) mass is 374 g/mol. The SMILES string of the molecule is CCC(NC(=O)c1ccc2nc(-c3ccc(F)cc3)cn2c1)c1ccccn1. The van der Waals surface area contributed by atoms with Gasteiger partial charge in [-0.25, -0.2) is 9.37 Å². The molecule has 1 amide bonds. The molecule has 28 heavy (non-hydrogen) atoms. The minimum absolute atomic E-state index is 0.151. The Bertz CT molecular complexity index is 1110. The second kappa shape index (κ2) is 7.60. The van der Waals surface area contributed by atoms with E-state index in [9.17, 15) is 9.18 Å². The summed E-state index contributed by atoms with van der Waals surface area (Å²) in [6.07, 6.45) is 6.04. The molecule has 140 valence electrons. The fourth-order valence-corrected chi connectivity index (χ4v) is 3.09. The minimum atomic E-state index is -0.287. The summed E-state index contributed by atoms with van der Waals surface area (Å²) in [6.45, 7) is 2.01. The maximum Gasteiger partial charge on any atom is 0.253 e. The number of aromatic nitrogens is 3. The number of pyridine rings is 2. The summed E-state index contributed by atoms with van der Waals surface area (Å²) in [6, 6.07) is 15.2. The van der Waals surface area contributed by atoms with E-state index >= 15 is 0 Å². The van der Waals surface area contributed by atoms with Gasteiger partial charge in [0.25, 0.3) is 5.91 Å². The van der Waals surface area contributed by atoms with Gasteiger partial charge in [0, 0.05) is 24.2 Å². The minimum Gasteiger partial charge on any atom is -0.344 e. The first-order valence-corrected chi connectivity index (χ1v) is 9.10. The maximum atomic E-state index is 13.1. The van der Waals surface area contributed by atoms with Gasteiger partial charge in [-0.1, -0.05) is 13.0 Å². The summed E-state index contributed by atoms with van der Waals surface area (Å²) in [5, 5.41) is 3.03. The Balaban J connectivity index is 1.58. The predicted octanol–water partition coefficient (Wildman–Crippen LogP) is 4.42. The number of hydrogen-bond donors (Lipinski definition) is 1. The van der Waals surface area contributed by atoms with Gasteiger partial charge in [0.2, 0.25) is 0 Å². The standard InChI is InChI=1S/C22H19FN4O/c1-2-18(19-5-3-4-12-24-19)26-22(28)16-8-11-21-25-20(14-27(21)13-16)15-6-9-17(23)10-7-15/h3-14,18H,2H2,1H3,(H,26,28). The number of nitrogens with zero attached hydrogens (tertiary/aromatic N) is 3. The molecule has 0 aliphatic rings. The molecule has 6 heteroatoms. The number of carbonyl (C=O) groups excluding carboxylic acids is 1. The van der Waals surface area contributed by atoms with Crippen LogP contribution < -0.4 is 5.32 Å². The highest BCUT2D eigenvalue weighted by Crippen LogP contribution is 2.20. The topological polar surface area (TPSA) is 59.3 Å². The van der Waals surface area contributed by atoms with Crippen LogP contribution in [0, 0.1) is 5.82 Å². The van der Waals surface area contributed by atoms with Crippen molar-refractivity contribution in [2.45, 2.75) is 19.4 Å². The van der Waals surface area contributed by atoms with Crippen molar-refractivity contribution in [1.29, 1.82) is 0 Å². The smallest absolute Gasteiger partial charge is 0.253 e. The van der Waals surface area contributed by atoms with Gasteiger partial charge in [-0.3, -0.25) is 9.78 Å². The van der Waals surface area contributed by atoms with E-state index < -0.39 is 0 Å². The van der Waals surface area contributed by atoms with E-state index in [1.807, 2.05) is 31.3 Å². The van der Waals surface area contributed by atoms with Crippen molar-refractivity contribution in [3.05, 3.63) is 90.3 Å². The van der Waals surface area contributed by atoms with Gasteiger partial charge in [0.15, 0.2) is 0 Å². The third-order valence-electron chi connectivity index (χ3n) is 4.61. The summed E-state index contributed by atoms with van der Waals surface area (Å²) >= 11 is 0. The van der Waals surface area contributed by atoms with Crippen LogP contribution in [0.5, 0.6) is 0 Å². The Hall–Kier alpha value is -3.54. The number of rotatable bonds is 5. The van der Waals surface area contributed by atoms with E-state index in [0.29, 0.717) is 11.2 Å². The van der Waals surface area contributed by atoms with Gasteiger partial charge in [0.05, 0.1) is 23.0 Å². The molecule has 1 aromatic carbocycles. The molecule has 0 saturated carbocycles. The molecule has 0 saturated heterocycles. The molecule has 0 aliphatic heterocycles. The highest BCUT2D eigenvalue weighted by atomic mass is 19.1. The maximum absolute atomic E-state index is 13.1. The largest absolute Gasteiger partial charge is 0.344 e. The van der Waals surface area contributed by atoms with Gasteiger partial charge >= 0.3 is 0 Å². The molecule has 3 heterocycles. The number of carbonyl (C=O) groups is 1. The third-order valence-corrected chi connectivity index (χ3v) is 4.61. The molecule has 4 rings (SSSR count). The molecular formula is C22H19FN4O. The third kappa shape index (κ3) is 3.62. The first kappa shape index (κ1) is 17.9. The first-order valence-electron chi connectivity index (χ1n) is 9.10. The van der Waals surface area contributed by atoms with Crippen LogP contribution in [-0.4, -0.2) is 20.3 Å². The van der Waals surface area contributed by atoms with E-state index in [2.05, 4.69) is 15.3 Å². The molecule has 0 bridgehead atoms. The van der Waals surface area contributed by atoms with Crippen molar-refractivity contribution in [2.24, 2.45) is 0 Å². The quantitative estimate of drug-likeness (QED) is 0.563. The Kier molecular flexibility index (Phi) is 4.85. The lowest BCUT2D eigenvalue weighted by Gasteiger charge is -2.16. The van der Waals surface area contributed by atoms with Gasteiger partial charge in [-0.05, 0) is 55.0 Å². The highest BCUT2D eigenvalue weighted by Gasteiger charge is 2.16. The van der Waals surface area contributed by atoms with E-state index in [-0.39, 0.29) is 17.8 Å². The van der Waals surface area contributed by atoms with E-state index in [1.165, 1.54) is 12.1 Å². The molecule has 5 nitrogen and oxygen atoms in total. The van der Waals surface area contributed by atoms with Crippen LogP contribution in [0.15, 0.2) is 73.2 Å². The Morgan fingerprint density at radius 1 is 1.11 bits per heavy atom. The molecule has 3 aromatic heterocycles. The van der Waals surface area contributed by atoms with E-state index in [4.69, 9.17) is 0 Å². The molecule has 1 N–H and O–H groups in total. The number of nitrogens with one attached hydrogen (secondary N) is 1. The molecule has 0 radical (unpaired) electrons. The number of amides is 1. The average molecular weight is 374 g/mol. The van der Waals surface area contributed by atoms with Gasteiger partial charge in [-0.2, -0.15) is 0 Å². The lowest BCUT2D eigenvalue weighted by atomic mass is 10.1. The summed E-state index contributed by atoms with van der Waals surface area (Å²) in [5.41, 5.74) is 3.62. The van der Waals surface area contributed by atoms with E-state index in [1.54, 1.807) is 41.1 Å². The van der Waals surface area contributed by atoms with Gasteiger partial charge in [0.1, 0.15) is 11.5 Å². The molecule has 0 aliphatic carbocycles. The first-order chi connectivity index (χ1) is 13.6. The van der Waals surface area contributed by atoms with Crippen molar-refractivity contribution in [3.8, 4) is 11.3 Å². The van der Waals surface area contributed by atoms with Crippen molar-refractivity contribution in [2.75, 3.05) is 0 Å². The molecular weight excluding hydrogens is 355 g/mol. The van der Waals surface area contributed by atoms with Crippen LogP contribution in [0.1, 0.15) is 35.4 Å². The number of benzene rings is 1. The van der Waals surface area contributed by atoms with Crippen LogP contribution in [0.3, 0.4) is 0 Å². The summed E-state index contributed by atoms with van der Waals surface area (Å²) in [7, 11) is 0. The summed E-state index contributed by atoms with van der Waals surface area (Å²) in [5.74, 6) is -0.457. The van der Waals surface area contributed by atoms with Crippen LogP contribution in [-0.2, 0) is 0 Å². The van der Waals surface area contributed by atoms with Crippen molar-refractivity contribution < 1.29 is 9.18 Å². The Morgan fingerprint density at radius 2 is 1.93 bits per heavy atom. The van der Waals surface area contributed by atoms with Crippen molar-refractivity contribution in [3.63, 3.8) is 0 Å². The number of fused-ring (bicyclic) bond motifs is 1. The molecule has 1 unspecified atom stereocenters. The number of imidazole rings is 1. The van der Waals surface area contributed by atoms with Crippen LogP contribution >= 0.6 is 0 Å². The predicted molar refractivity (Wildman–Crippen MR) is 105 cm³/mol. The Labute approximate surface area is 161 Å². The fourth-order valence-electron chi connectivity index (χ4n) is 3.09. The summed E-state index contributed by atoms with van der Waals surface area (Å²) in [4.78, 5) is 21.6. The molecule has 0 spiro atoms. The second-order valence-corrected chi connectivity index (χ2v) is 6.51. The lowest BCUT2D eigenvalue weighted by molar-refractivity contribution is 0.0934. The average Bonchev–Trinajstić information content (AvgIpc) is 3.16. The zero-order valence-electron chi connectivity index (χ0n) is 15.3. The highest BCUT2D eigenvalue weighted by molar-refractivity contribution is 5.94. The van der Waals surface area contributed by atoms with Crippen LogP contribution in [0.2, 0.25) is 0 Å². The number of hydrogen-bond acceptors (Lipinski definition) is 3. The Morgan fingerprint density at radius 3 is 2.64 bits per heavy atom. The fraction of sp³-hybridized carbons (Fsp3) is 0.136. The van der Waals surface area contributed by atoms with Crippen LogP contribution in [0.4, 0.5) is 4.39 Å². The lowest BCUT2D eigenvalue weighted by Crippen LogP contribution is -2.28. The normalized spacial score (nSPS) is 12.1. The zero-order chi connectivity index (χ0) is 19.5. The van der Waals surface area contributed by atoms with E-state index in [0.717, 1.165) is 23.4 Å². The molecule has 4 aromatic rings. The zero-order valence-corrected chi connectivity index (χ0v) is 15.3.